The number of fused-ring (bicyclic) bond motifs is 1. The first kappa shape index (κ1) is 16.4. The molecule has 1 fully saturated rings. The average molecular weight is 358 g/mol. The Kier molecular flexibility index (Phi) is 4.63. The first-order valence-electron chi connectivity index (χ1n) is 8.64. The van der Waals surface area contributed by atoms with E-state index in [4.69, 9.17) is 9.47 Å². The van der Waals surface area contributed by atoms with Crippen LogP contribution in [0, 0.1) is 0 Å². The first-order chi connectivity index (χ1) is 12.2. The number of likely N-dealkylation sites (tertiary alicyclic amines) is 1. The summed E-state index contributed by atoms with van der Waals surface area (Å²) in [5.41, 5.74) is 2.31. The highest BCUT2D eigenvalue weighted by Crippen LogP contribution is 2.34. The molecule has 6 heteroatoms. The lowest BCUT2D eigenvalue weighted by atomic mass is 10.0. The van der Waals surface area contributed by atoms with E-state index in [0.29, 0.717) is 12.8 Å². The molecule has 1 N–H and O–H groups in total. The molecule has 25 heavy (non-hydrogen) atoms. The molecule has 0 spiro atoms. The molecular formula is C19H22N2O3S. The SMILES string of the molecule is CC(=O)c1cc(CN2CCCC(Nc3ccc4c(c3)OCO4)C2)cs1. The van der Waals surface area contributed by atoms with Crippen molar-refractivity contribution in [1.29, 1.82) is 0 Å². The van der Waals surface area contributed by atoms with Gasteiger partial charge < -0.3 is 14.8 Å². The molecule has 1 atom stereocenters. The molecule has 0 amide bonds. The summed E-state index contributed by atoms with van der Waals surface area (Å²) >= 11 is 1.54. The number of thiophene rings is 1. The van der Waals surface area contributed by atoms with Gasteiger partial charge in [-0.1, -0.05) is 0 Å². The van der Waals surface area contributed by atoms with Gasteiger partial charge in [0.1, 0.15) is 0 Å². The predicted octanol–water partition coefficient (Wildman–Crippen LogP) is 3.76. The number of ether oxygens (including phenoxy) is 2. The third-order valence-electron chi connectivity index (χ3n) is 4.66. The maximum Gasteiger partial charge on any atom is 0.231 e. The average Bonchev–Trinajstić information content (AvgIpc) is 3.24. The van der Waals surface area contributed by atoms with Crippen LogP contribution in [0.5, 0.6) is 11.5 Å². The molecule has 1 aromatic heterocycles. The van der Waals surface area contributed by atoms with Gasteiger partial charge in [-0.15, -0.1) is 11.3 Å². The van der Waals surface area contributed by atoms with Crippen LogP contribution in [0.25, 0.3) is 0 Å². The number of rotatable bonds is 5. The Morgan fingerprint density at radius 1 is 1.32 bits per heavy atom. The number of carbonyl (C=O) groups is 1. The zero-order valence-corrected chi connectivity index (χ0v) is 15.1. The van der Waals surface area contributed by atoms with Crippen molar-refractivity contribution in [3.8, 4) is 11.5 Å². The molecule has 2 aliphatic rings. The van der Waals surface area contributed by atoms with E-state index in [-0.39, 0.29) is 5.78 Å². The summed E-state index contributed by atoms with van der Waals surface area (Å²) in [4.78, 5) is 14.8. The number of anilines is 1. The lowest BCUT2D eigenvalue weighted by molar-refractivity contribution is 0.102. The number of Topliss-reactive ketones (excluding diaryl/α,β-unsaturated/α-hetero) is 1. The number of nitrogens with one attached hydrogen (secondary N) is 1. The smallest absolute Gasteiger partial charge is 0.231 e. The van der Waals surface area contributed by atoms with Gasteiger partial charge in [0, 0.05) is 30.9 Å². The van der Waals surface area contributed by atoms with E-state index in [1.54, 1.807) is 18.3 Å². The third kappa shape index (κ3) is 3.80. The van der Waals surface area contributed by atoms with Gasteiger partial charge >= 0.3 is 0 Å². The van der Waals surface area contributed by atoms with E-state index in [9.17, 15) is 4.79 Å². The van der Waals surface area contributed by atoms with E-state index >= 15 is 0 Å². The molecule has 3 heterocycles. The van der Waals surface area contributed by atoms with Crippen LogP contribution >= 0.6 is 11.3 Å². The Hall–Kier alpha value is -2.05. The highest BCUT2D eigenvalue weighted by atomic mass is 32.1. The number of hydrogen-bond donors (Lipinski definition) is 1. The molecule has 1 unspecified atom stereocenters. The highest BCUT2D eigenvalue weighted by molar-refractivity contribution is 7.12. The lowest BCUT2D eigenvalue weighted by Gasteiger charge is -2.33. The second-order valence-electron chi connectivity index (χ2n) is 6.66. The third-order valence-corrected chi connectivity index (χ3v) is 5.74. The van der Waals surface area contributed by atoms with Gasteiger partial charge in [0.05, 0.1) is 4.88 Å². The predicted molar refractivity (Wildman–Crippen MR) is 98.8 cm³/mol. The van der Waals surface area contributed by atoms with E-state index in [2.05, 4.69) is 15.6 Å². The number of piperidine rings is 1. The fourth-order valence-corrected chi connectivity index (χ4v) is 4.25. The second kappa shape index (κ2) is 7.06. The summed E-state index contributed by atoms with van der Waals surface area (Å²) in [5.74, 6) is 1.78. The van der Waals surface area contributed by atoms with Gasteiger partial charge in [-0.25, -0.2) is 0 Å². The van der Waals surface area contributed by atoms with Crippen molar-refractivity contribution in [3.63, 3.8) is 0 Å². The molecule has 1 aromatic carbocycles. The maximum atomic E-state index is 11.5. The van der Waals surface area contributed by atoms with Gasteiger partial charge in [-0.2, -0.15) is 0 Å². The molecule has 0 bridgehead atoms. The molecule has 0 radical (unpaired) electrons. The summed E-state index contributed by atoms with van der Waals surface area (Å²) in [7, 11) is 0. The summed E-state index contributed by atoms with van der Waals surface area (Å²) < 4.78 is 10.8. The molecular weight excluding hydrogens is 336 g/mol. The number of carbonyl (C=O) groups excluding carboxylic acids is 1. The quantitative estimate of drug-likeness (QED) is 0.825. The summed E-state index contributed by atoms with van der Waals surface area (Å²) in [6.07, 6.45) is 2.33. The minimum atomic E-state index is 0.150. The Morgan fingerprint density at radius 2 is 2.20 bits per heavy atom. The molecule has 2 aliphatic heterocycles. The van der Waals surface area contributed by atoms with Gasteiger partial charge in [-0.3, -0.25) is 9.69 Å². The van der Waals surface area contributed by atoms with E-state index < -0.39 is 0 Å². The van der Waals surface area contributed by atoms with Gasteiger partial charge in [0.25, 0.3) is 0 Å². The van der Waals surface area contributed by atoms with Crippen molar-refractivity contribution < 1.29 is 14.3 Å². The van der Waals surface area contributed by atoms with Crippen LogP contribution in [-0.2, 0) is 6.54 Å². The zero-order valence-electron chi connectivity index (χ0n) is 14.3. The van der Waals surface area contributed by atoms with Crippen LogP contribution in [0.4, 0.5) is 5.69 Å². The van der Waals surface area contributed by atoms with E-state index in [1.165, 1.54) is 12.0 Å². The van der Waals surface area contributed by atoms with Crippen molar-refractivity contribution in [3.05, 3.63) is 40.1 Å². The normalized spacial score (nSPS) is 19.8. The van der Waals surface area contributed by atoms with Gasteiger partial charge in [0.2, 0.25) is 6.79 Å². The van der Waals surface area contributed by atoms with Crippen molar-refractivity contribution >= 4 is 22.8 Å². The number of ketones is 1. The minimum Gasteiger partial charge on any atom is -0.454 e. The maximum absolute atomic E-state index is 11.5. The molecule has 132 valence electrons. The van der Waals surface area contributed by atoms with Crippen LogP contribution in [0.15, 0.2) is 29.6 Å². The standard InChI is InChI=1S/C19H22N2O3S/c1-13(22)19-7-14(11-25-19)9-21-6-2-3-16(10-21)20-15-4-5-17-18(8-15)24-12-23-17/h4-5,7-8,11,16,20H,2-3,6,9-10,12H2,1H3. The minimum absolute atomic E-state index is 0.150. The van der Waals surface area contributed by atoms with Crippen LogP contribution in [0.2, 0.25) is 0 Å². The lowest BCUT2D eigenvalue weighted by Crippen LogP contribution is -2.41. The van der Waals surface area contributed by atoms with E-state index in [0.717, 1.165) is 48.1 Å². The Morgan fingerprint density at radius 3 is 3.04 bits per heavy atom. The molecule has 5 nitrogen and oxygen atoms in total. The van der Waals surface area contributed by atoms with Crippen LogP contribution < -0.4 is 14.8 Å². The summed E-state index contributed by atoms with van der Waals surface area (Å²) in [6.45, 7) is 4.94. The van der Waals surface area contributed by atoms with Gasteiger partial charge in [-0.05, 0) is 55.5 Å². The largest absolute Gasteiger partial charge is 0.454 e. The highest BCUT2D eigenvalue weighted by Gasteiger charge is 2.21. The second-order valence-corrected chi connectivity index (χ2v) is 7.57. The molecule has 1 saturated heterocycles. The van der Waals surface area contributed by atoms with Crippen molar-refractivity contribution in [1.82, 2.24) is 4.90 Å². The first-order valence-corrected chi connectivity index (χ1v) is 9.52. The van der Waals surface area contributed by atoms with Gasteiger partial charge in [0.15, 0.2) is 17.3 Å². The van der Waals surface area contributed by atoms with Crippen molar-refractivity contribution in [2.45, 2.75) is 32.4 Å². The Bertz CT molecular complexity index is 774. The van der Waals surface area contributed by atoms with Crippen LogP contribution in [-0.4, -0.2) is 36.6 Å². The Labute approximate surface area is 151 Å². The van der Waals surface area contributed by atoms with E-state index in [1.807, 2.05) is 24.3 Å². The van der Waals surface area contributed by atoms with Crippen LogP contribution in [0.3, 0.4) is 0 Å². The molecule has 0 aliphatic carbocycles. The summed E-state index contributed by atoms with van der Waals surface area (Å²) in [6, 6.07) is 8.46. The topological polar surface area (TPSA) is 50.8 Å². The zero-order chi connectivity index (χ0) is 17.2. The summed E-state index contributed by atoms with van der Waals surface area (Å²) in [5, 5.41) is 5.72. The molecule has 0 saturated carbocycles. The van der Waals surface area contributed by atoms with Crippen molar-refractivity contribution in [2.24, 2.45) is 0 Å². The molecule has 2 aromatic rings. The van der Waals surface area contributed by atoms with Crippen molar-refractivity contribution in [2.75, 3.05) is 25.2 Å². The number of hydrogen-bond acceptors (Lipinski definition) is 6. The monoisotopic (exact) mass is 358 g/mol. The molecule has 4 rings (SSSR count). The fourth-order valence-electron chi connectivity index (χ4n) is 3.44. The van der Waals surface area contributed by atoms with Crippen LogP contribution in [0.1, 0.15) is 35.0 Å². The Balaban J connectivity index is 1.36. The number of nitrogens with zero attached hydrogens (tertiary/aromatic N) is 1. The number of benzene rings is 1. The fraction of sp³-hybridized carbons (Fsp3) is 0.421.